The molecule has 3 aromatic carbocycles. The van der Waals surface area contributed by atoms with Crippen molar-refractivity contribution in [1.82, 2.24) is 0 Å². The van der Waals surface area contributed by atoms with Gasteiger partial charge in [-0.05, 0) is 28.2 Å². The van der Waals surface area contributed by atoms with Crippen LogP contribution in [0.2, 0.25) is 6.32 Å². The number of Topliss-reactive ketones (excluding diaryl/α,β-unsaturated/α-hetero) is 2. The molecule has 0 aromatic heterocycles. The van der Waals surface area contributed by atoms with E-state index in [1.54, 1.807) is 0 Å². The Bertz CT molecular complexity index is 917. The van der Waals surface area contributed by atoms with E-state index in [4.69, 9.17) is 7.85 Å². The fraction of sp³-hybridized carbons (Fsp3) is 0.100. The number of ketones is 2. The van der Waals surface area contributed by atoms with Crippen LogP contribution in [0.15, 0.2) is 60.7 Å². The first kappa shape index (κ1) is 16.7. The third-order valence-electron chi connectivity index (χ3n) is 4.05. The molecule has 2 radical (unpaired) electrons. The molecule has 0 heterocycles. The number of hydrogen-bond acceptors (Lipinski definition) is 2. The summed E-state index contributed by atoms with van der Waals surface area (Å²) in [5.41, 5.74) is 3.35. The maximum atomic E-state index is 12.1. The standard InChI is InChI=1S/C20H14BBrO2/c21-11-19(23)18-10-9-15(16-3-1-2-4-17(16)18)13-5-7-14(8-6-13)20(24)12-22/h1-10H,11-12H2. The Morgan fingerprint density at radius 3 is 2.12 bits per heavy atom. The number of benzene rings is 3. The zero-order valence-corrected chi connectivity index (χ0v) is 14.5. The fourth-order valence-electron chi connectivity index (χ4n) is 2.82. The molecule has 0 fully saturated rings. The van der Waals surface area contributed by atoms with Crippen molar-refractivity contribution < 1.29 is 9.59 Å². The zero-order chi connectivity index (χ0) is 17.1. The number of carbonyl (C=O) groups excluding carboxylic acids is 2. The molecule has 0 unspecified atom stereocenters. The molecule has 0 saturated carbocycles. The van der Waals surface area contributed by atoms with Crippen molar-refractivity contribution in [1.29, 1.82) is 0 Å². The Kier molecular flexibility index (Phi) is 4.96. The lowest BCUT2D eigenvalue weighted by molar-refractivity contribution is 0.101. The Morgan fingerprint density at radius 2 is 1.50 bits per heavy atom. The maximum Gasteiger partial charge on any atom is 0.173 e. The highest BCUT2D eigenvalue weighted by atomic mass is 79.9. The first-order valence-corrected chi connectivity index (χ1v) is 8.72. The van der Waals surface area contributed by atoms with Crippen molar-refractivity contribution in [2.24, 2.45) is 0 Å². The van der Waals surface area contributed by atoms with Gasteiger partial charge >= 0.3 is 0 Å². The largest absolute Gasteiger partial charge is 0.295 e. The molecule has 116 valence electrons. The lowest BCUT2D eigenvalue weighted by atomic mass is 9.89. The second-order valence-corrected chi connectivity index (χ2v) is 6.03. The number of alkyl halides is 1. The van der Waals surface area contributed by atoms with Gasteiger partial charge in [-0.3, -0.25) is 9.59 Å². The van der Waals surface area contributed by atoms with Crippen molar-refractivity contribution in [3.8, 4) is 11.1 Å². The van der Waals surface area contributed by atoms with Gasteiger partial charge in [-0.15, -0.1) is 0 Å². The number of rotatable bonds is 5. The monoisotopic (exact) mass is 376 g/mol. The molecule has 2 nitrogen and oxygen atoms in total. The van der Waals surface area contributed by atoms with E-state index >= 15 is 0 Å². The summed E-state index contributed by atoms with van der Waals surface area (Å²) in [6.07, 6.45) is -0.00725. The third kappa shape index (κ3) is 3.06. The minimum atomic E-state index is -0.0731. The topological polar surface area (TPSA) is 34.1 Å². The van der Waals surface area contributed by atoms with Crippen LogP contribution in [0.5, 0.6) is 0 Å². The normalized spacial score (nSPS) is 10.7. The van der Waals surface area contributed by atoms with Gasteiger partial charge in [-0.25, -0.2) is 0 Å². The van der Waals surface area contributed by atoms with E-state index in [0.717, 1.165) is 21.9 Å². The predicted molar refractivity (Wildman–Crippen MR) is 102 cm³/mol. The van der Waals surface area contributed by atoms with E-state index in [2.05, 4.69) is 15.9 Å². The lowest BCUT2D eigenvalue weighted by Crippen LogP contribution is -2.00. The van der Waals surface area contributed by atoms with Gasteiger partial charge < -0.3 is 0 Å². The number of fused-ring (bicyclic) bond motifs is 1. The van der Waals surface area contributed by atoms with Crippen molar-refractivity contribution >= 4 is 46.1 Å². The van der Waals surface area contributed by atoms with Crippen molar-refractivity contribution in [2.75, 3.05) is 5.33 Å². The third-order valence-corrected chi connectivity index (χ3v) is 4.56. The summed E-state index contributed by atoms with van der Waals surface area (Å²) >= 11 is 3.18. The zero-order valence-electron chi connectivity index (χ0n) is 13.0. The predicted octanol–water partition coefficient (Wildman–Crippen LogP) is 4.85. The van der Waals surface area contributed by atoms with E-state index < -0.39 is 0 Å². The average molecular weight is 377 g/mol. The van der Waals surface area contributed by atoms with E-state index in [-0.39, 0.29) is 17.9 Å². The highest BCUT2D eigenvalue weighted by molar-refractivity contribution is 9.09. The molecular formula is C20H14BBrO2. The van der Waals surface area contributed by atoms with E-state index in [1.165, 1.54) is 0 Å². The van der Waals surface area contributed by atoms with Gasteiger partial charge in [0.15, 0.2) is 11.6 Å². The molecular weight excluding hydrogens is 363 g/mol. The van der Waals surface area contributed by atoms with Crippen LogP contribution in [0.3, 0.4) is 0 Å². The van der Waals surface area contributed by atoms with E-state index in [0.29, 0.717) is 16.5 Å². The van der Waals surface area contributed by atoms with Crippen LogP contribution in [0.4, 0.5) is 0 Å². The van der Waals surface area contributed by atoms with Crippen LogP contribution in [0.25, 0.3) is 21.9 Å². The van der Waals surface area contributed by atoms with Gasteiger partial charge in [0.25, 0.3) is 0 Å². The summed E-state index contributed by atoms with van der Waals surface area (Å²) in [6.45, 7) is 0. The maximum absolute atomic E-state index is 12.1. The van der Waals surface area contributed by atoms with Crippen molar-refractivity contribution in [3.05, 3.63) is 71.8 Å². The summed E-state index contributed by atoms with van der Waals surface area (Å²) in [5, 5.41) is 2.20. The minimum Gasteiger partial charge on any atom is -0.295 e. The lowest BCUT2D eigenvalue weighted by Gasteiger charge is -2.11. The second kappa shape index (κ2) is 7.14. The molecule has 0 aliphatic heterocycles. The summed E-state index contributed by atoms with van der Waals surface area (Å²) in [5.74, 6) is -0.0219. The van der Waals surface area contributed by atoms with Crippen LogP contribution in [-0.2, 0) is 0 Å². The summed E-state index contributed by atoms with van der Waals surface area (Å²) in [7, 11) is 5.52. The van der Waals surface area contributed by atoms with Gasteiger partial charge in [-0.2, -0.15) is 0 Å². The van der Waals surface area contributed by atoms with Crippen LogP contribution < -0.4 is 0 Å². The van der Waals surface area contributed by atoms with E-state index in [9.17, 15) is 9.59 Å². The molecule has 0 amide bonds. The Morgan fingerprint density at radius 1 is 0.833 bits per heavy atom. The van der Waals surface area contributed by atoms with Crippen LogP contribution in [0, 0.1) is 0 Å². The van der Waals surface area contributed by atoms with Gasteiger partial charge in [0.2, 0.25) is 0 Å². The van der Waals surface area contributed by atoms with Gasteiger partial charge in [0, 0.05) is 11.1 Å². The average Bonchev–Trinajstić information content (AvgIpc) is 2.66. The Labute approximate surface area is 150 Å². The van der Waals surface area contributed by atoms with Crippen LogP contribution in [-0.4, -0.2) is 24.7 Å². The minimum absolute atomic E-state index is 0.00725. The fourth-order valence-corrected chi connectivity index (χ4v) is 3.14. The van der Waals surface area contributed by atoms with Crippen LogP contribution in [0.1, 0.15) is 20.7 Å². The highest BCUT2D eigenvalue weighted by Crippen LogP contribution is 2.31. The Balaban J connectivity index is 2.14. The van der Waals surface area contributed by atoms with Gasteiger partial charge in [0.1, 0.15) is 0 Å². The first-order chi connectivity index (χ1) is 11.7. The SMILES string of the molecule is [B]CC(=O)c1ccc(-c2ccc(C(=O)CBr)cc2)c2ccccc12. The molecule has 0 N–H and O–H groups in total. The molecule has 0 atom stereocenters. The molecule has 0 bridgehead atoms. The van der Waals surface area contributed by atoms with Crippen molar-refractivity contribution in [3.63, 3.8) is 0 Å². The Hall–Kier alpha value is -2.20. The van der Waals surface area contributed by atoms with Gasteiger partial charge in [-0.1, -0.05) is 76.6 Å². The smallest absolute Gasteiger partial charge is 0.173 e. The molecule has 4 heteroatoms. The molecule has 24 heavy (non-hydrogen) atoms. The molecule has 0 aliphatic carbocycles. The summed E-state index contributed by atoms with van der Waals surface area (Å²) in [4.78, 5) is 23.8. The summed E-state index contributed by atoms with van der Waals surface area (Å²) < 4.78 is 0. The molecule has 3 aromatic rings. The first-order valence-electron chi connectivity index (χ1n) is 7.60. The number of carbonyl (C=O) groups is 2. The van der Waals surface area contributed by atoms with Crippen LogP contribution >= 0.6 is 15.9 Å². The quantitative estimate of drug-likeness (QED) is 0.362. The molecule has 0 spiro atoms. The highest BCUT2D eigenvalue weighted by Gasteiger charge is 2.12. The number of hydrogen-bond donors (Lipinski definition) is 0. The number of halogens is 1. The summed E-state index contributed by atoms with van der Waals surface area (Å²) in [6, 6.07) is 19.1. The molecule has 3 rings (SSSR count). The van der Waals surface area contributed by atoms with Crippen molar-refractivity contribution in [2.45, 2.75) is 6.32 Å². The second-order valence-electron chi connectivity index (χ2n) is 5.47. The van der Waals surface area contributed by atoms with Gasteiger partial charge in [0.05, 0.1) is 13.2 Å². The van der Waals surface area contributed by atoms with E-state index in [1.807, 2.05) is 60.7 Å². The molecule has 0 saturated heterocycles. The molecule has 0 aliphatic rings.